The number of hydrogen-bond acceptors (Lipinski definition) is 2. The molecule has 2 aromatic rings. The SMILES string of the molecule is Oc1nc2ccccc2c(Br)c1Br. The van der Waals surface area contributed by atoms with Crippen LogP contribution >= 0.6 is 31.9 Å². The van der Waals surface area contributed by atoms with Crippen LogP contribution in [0.1, 0.15) is 0 Å². The van der Waals surface area contributed by atoms with Crippen LogP contribution in [0.15, 0.2) is 33.2 Å². The summed E-state index contributed by atoms with van der Waals surface area (Å²) in [6, 6.07) is 7.61. The van der Waals surface area contributed by atoms with E-state index in [0.29, 0.717) is 4.47 Å². The van der Waals surface area contributed by atoms with Gasteiger partial charge in [0.1, 0.15) is 0 Å². The molecule has 1 aromatic carbocycles. The Bertz CT molecular complexity index is 470. The van der Waals surface area contributed by atoms with Crippen LogP contribution in [0.3, 0.4) is 0 Å². The van der Waals surface area contributed by atoms with Gasteiger partial charge in [-0.25, -0.2) is 4.98 Å². The molecule has 0 fully saturated rings. The Labute approximate surface area is 91.9 Å². The van der Waals surface area contributed by atoms with Crippen LogP contribution in [0.2, 0.25) is 0 Å². The Morgan fingerprint density at radius 2 is 1.77 bits per heavy atom. The van der Waals surface area contributed by atoms with Crippen molar-refractivity contribution >= 4 is 42.8 Å². The van der Waals surface area contributed by atoms with E-state index in [2.05, 4.69) is 36.8 Å². The van der Waals surface area contributed by atoms with Gasteiger partial charge >= 0.3 is 0 Å². The third-order valence-corrected chi connectivity index (χ3v) is 3.86. The number of rotatable bonds is 0. The van der Waals surface area contributed by atoms with Gasteiger partial charge in [-0.3, -0.25) is 0 Å². The second-order valence-corrected chi connectivity index (χ2v) is 4.17. The number of fused-ring (bicyclic) bond motifs is 1. The van der Waals surface area contributed by atoms with E-state index >= 15 is 0 Å². The zero-order chi connectivity index (χ0) is 9.42. The highest BCUT2D eigenvalue weighted by molar-refractivity contribution is 9.13. The molecule has 1 heterocycles. The molecule has 2 nitrogen and oxygen atoms in total. The maximum atomic E-state index is 9.41. The van der Waals surface area contributed by atoms with E-state index in [0.717, 1.165) is 15.4 Å². The fourth-order valence-corrected chi connectivity index (χ4v) is 1.95. The number of hydrogen-bond donors (Lipinski definition) is 1. The maximum Gasteiger partial charge on any atom is 0.227 e. The summed E-state index contributed by atoms with van der Waals surface area (Å²) in [6.07, 6.45) is 0. The van der Waals surface area contributed by atoms with Crippen molar-refractivity contribution in [3.63, 3.8) is 0 Å². The smallest absolute Gasteiger partial charge is 0.227 e. The molecule has 0 amide bonds. The van der Waals surface area contributed by atoms with Gasteiger partial charge in [0.05, 0.1) is 9.99 Å². The number of nitrogens with zero attached hydrogens (tertiary/aromatic N) is 1. The van der Waals surface area contributed by atoms with Crippen LogP contribution in [-0.2, 0) is 0 Å². The Morgan fingerprint density at radius 1 is 1.08 bits per heavy atom. The number of pyridine rings is 1. The lowest BCUT2D eigenvalue weighted by molar-refractivity contribution is 0.452. The standard InChI is InChI=1S/C9H5Br2NO/c10-7-5-3-1-2-4-6(5)12-9(13)8(7)11/h1-4H,(H,12,13). The van der Waals surface area contributed by atoms with Crippen LogP contribution in [0.5, 0.6) is 5.88 Å². The van der Waals surface area contributed by atoms with Gasteiger partial charge in [0.2, 0.25) is 5.88 Å². The van der Waals surface area contributed by atoms with E-state index in [1.165, 1.54) is 0 Å². The molecule has 0 aliphatic rings. The lowest BCUT2D eigenvalue weighted by Crippen LogP contribution is -1.82. The van der Waals surface area contributed by atoms with Crippen LogP contribution in [0.4, 0.5) is 0 Å². The summed E-state index contributed by atoms with van der Waals surface area (Å²) in [7, 11) is 0. The van der Waals surface area contributed by atoms with Gasteiger partial charge in [-0.15, -0.1) is 0 Å². The molecule has 66 valence electrons. The van der Waals surface area contributed by atoms with Crippen LogP contribution in [0.25, 0.3) is 10.9 Å². The molecular formula is C9H5Br2NO. The first-order valence-corrected chi connectivity index (χ1v) is 5.21. The van der Waals surface area contributed by atoms with Crippen molar-refractivity contribution in [2.45, 2.75) is 0 Å². The van der Waals surface area contributed by atoms with Crippen molar-refractivity contribution in [1.82, 2.24) is 4.98 Å². The average molecular weight is 303 g/mol. The quantitative estimate of drug-likeness (QED) is 0.808. The van der Waals surface area contributed by atoms with E-state index < -0.39 is 0 Å². The first kappa shape index (κ1) is 8.97. The summed E-state index contributed by atoms with van der Waals surface area (Å²) >= 11 is 6.63. The minimum atomic E-state index is 0.00516. The molecule has 0 aliphatic carbocycles. The molecule has 0 atom stereocenters. The van der Waals surface area contributed by atoms with Crippen molar-refractivity contribution in [3.05, 3.63) is 33.2 Å². The number of para-hydroxylation sites is 1. The fourth-order valence-electron chi connectivity index (χ4n) is 1.14. The Hall–Kier alpha value is -0.610. The van der Waals surface area contributed by atoms with E-state index in [4.69, 9.17) is 0 Å². The normalized spacial score (nSPS) is 10.6. The van der Waals surface area contributed by atoms with Crippen molar-refractivity contribution in [2.75, 3.05) is 0 Å². The first-order chi connectivity index (χ1) is 6.20. The van der Waals surface area contributed by atoms with Crippen LogP contribution in [0, 0.1) is 0 Å². The van der Waals surface area contributed by atoms with Crippen molar-refractivity contribution in [3.8, 4) is 5.88 Å². The lowest BCUT2D eigenvalue weighted by Gasteiger charge is -2.03. The Balaban J connectivity index is 2.94. The largest absolute Gasteiger partial charge is 0.492 e. The number of aromatic nitrogens is 1. The lowest BCUT2D eigenvalue weighted by atomic mass is 10.2. The molecule has 0 unspecified atom stereocenters. The topological polar surface area (TPSA) is 33.1 Å². The number of aromatic hydroxyl groups is 1. The van der Waals surface area contributed by atoms with Crippen molar-refractivity contribution in [1.29, 1.82) is 0 Å². The molecule has 1 aromatic heterocycles. The Morgan fingerprint density at radius 3 is 2.54 bits per heavy atom. The summed E-state index contributed by atoms with van der Waals surface area (Å²) in [5, 5.41) is 10.4. The molecule has 0 spiro atoms. The molecular weight excluding hydrogens is 298 g/mol. The van der Waals surface area contributed by atoms with Gasteiger partial charge in [0, 0.05) is 9.86 Å². The minimum absolute atomic E-state index is 0.00516. The van der Waals surface area contributed by atoms with Crippen molar-refractivity contribution < 1.29 is 5.11 Å². The minimum Gasteiger partial charge on any atom is -0.492 e. The highest BCUT2D eigenvalue weighted by Gasteiger charge is 2.08. The van der Waals surface area contributed by atoms with E-state index in [-0.39, 0.29) is 5.88 Å². The second-order valence-electron chi connectivity index (χ2n) is 2.58. The van der Waals surface area contributed by atoms with Gasteiger partial charge in [-0.05, 0) is 37.9 Å². The molecule has 13 heavy (non-hydrogen) atoms. The monoisotopic (exact) mass is 301 g/mol. The zero-order valence-electron chi connectivity index (χ0n) is 6.46. The van der Waals surface area contributed by atoms with E-state index in [1.54, 1.807) is 0 Å². The number of benzene rings is 1. The third kappa shape index (κ3) is 1.44. The van der Waals surface area contributed by atoms with Crippen LogP contribution < -0.4 is 0 Å². The van der Waals surface area contributed by atoms with E-state index in [1.807, 2.05) is 24.3 Å². The highest BCUT2D eigenvalue weighted by Crippen LogP contribution is 2.35. The van der Waals surface area contributed by atoms with Gasteiger partial charge in [0.15, 0.2) is 0 Å². The summed E-state index contributed by atoms with van der Waals surface area (Å²) < 4.78 is 1.42. The number of halogens is 2. The predicted octanol–water partition coefficient (Wildman–Crippen LogP) is 3.47. The fraction of sp³-hybridized carbons (Fsp3) is 0. The second kappa shape index (κ2) is 3.27. The van der Waals surface area contributed by atoms with Gasteiger partial charge in [0.25, 0.3) is 0 Å². The van der Waals surface area contributed by atoms with Gasteiger partial charge in [-0.1, -0.05) is 18.2 Å². The molecule has 4 heteroatoms. The molecule has 1 N–H and O–H groups in total. The summed E-state index contributed by atoms with van der Waals surface area (Å²) in [5.41, 5.74) is 0.773. The van der Waals surface area contributed by atoms with Gasteiger partial charge < -0.3 is 5.11 Å². The Kier molecular flexibility index (Phi) is 2.26. The maximum absolute atomic E-state index is 9.41. The summed E-state index contributed by atoms with van der Waals surface area (Å²) in [5.74, 6) is 0.00516. The summed E-state index contributed by atoms with van der Waals surface area (Å²) in [6.45, 7) is 0. The zero-order valence-corrected chi connectivity index (χ0v) is 9.63. The molecule has 2 rings (SSSR count). The third-order valence-electron chi connectivity index (χ3n) is 1.76. The molecule has 0 aliphatic heterocycles. The van der Waals surface area contributed by atoms with Crippen molar-refractivity contribution in [2.24, 2.45) is 0 Å². The molecule has 0 radical (unpaired) electrons. The van der Waals surface area contributed by atoms with Gasteiger partial charge in [-0.2, -0.15) is 0 Å². The molecule has 0 saturated carbocycles. The highest BCUT2D eigenvalue weighted by atomic mass is 79.9. The average Bonchev–Trinajstić information content (AvgIpc) is 2.15. The summed E-state index contributed by atoms with van der Waals surface area (Å²) in [4.78, 5) is 4.01. The first-order valence-electron chi connectivity index (χ1n) is 3.63. The van der Waals surface area contributed by atoms with Crippen LogP contribution in [-0.4, -0.2) is 10.1 Å². The van der Waals surface area contributed by atoms with E-state index in [9.17, 15) is 5.11 Å². The molecule has 0 bridgehead atoms. The predicted molar refractivity (Wildman–Crippen MR) is 58.8 cm³/mol. The molecule has 0 saturated heterocycles.